The van der Waals surface area contributed by atoms with E-state index in [1.807, 2.05) is 0 Å². The zero-order chi connectivity index (χ0) is 11.5. The molecule has 0 spiro atoms. The molecule has 0 atom stereocenters. The van der Waals surface area contributed by atoms with Crippen LogP contribution in [0.25, 0.3) is 0 Å². The van der Waals surface area contributed by atoms with Crippen LogP contribution in [0.3, 0.4) is 0 Å². The summed E-state index contributed by atoms with van der Waals surface area (Å²) in [5.41, 5.74) is 1.21. The van der Waals surface area contributed by atoms with Crippen molar-refractivity contribution in [3.63, 3.8) is 0 Å². The fourth-order valence-electron chi connectivity index (χ4n) is 0.861. The van der Waals surface area contributed by atoms with Gasteiger partial charge in [-0.3, -0.25) is 10.1 Å². The first-order valence-corrected chi connectivity index (χ1v) is 5.85. The highest BCUT2D eigenvalue weighted by atomic mass is 35.5. The molecular weight excluding hydrogens is 274 g/mol. The van der Waals surface area contributed by atoms with E-state index in [0.717, 1.165) is 11.8 Å². The van der Waals surface area contributed by atoms with Crippen molar-refractivity contribution in [2.45, 2.75) is 9.37 Å². The molecule has 0 fully saturated rings. The summed E-state index contributed by atoms with van der Waals surface area (Å²) in [4.78, 5) is 17.5. The Morgan fingerprint density at radius 3 is 2.94 bits per heavy atom. The molecule has 0 unspecified atom stereocenters. The summed E-state index contributed by atoms with van der Waals surface area (Å²) in [6.07, 6.45) is 1.17. The molecule has 0 bridgehead atoms. The summed E-state index contributed by atoms with van der Waals surface area (Å²) in [6, 6.07) is 0. The van der Waals surface area contributed by atoms with Crippen molar-refractivity contribution < 1.29 is 4.92 Å². The Bertz CT molecular complexity index is 520. The molecule has 7 nitrogen and oxygen atoms in total. The third-order valence-corrected chi connectivity index (χ3v) is 3.50. The summed E-state index contributed by atoms with van der Waals surface area (Å²) >= 11 is 7.92. The number of aromatic nitrogens is 4. The molecule has 0 N–H and O–H groups in total. The first kappa shape index (κ1) is 11.2. The van der Waals surface area contributed by atoms with E-state index in [2.05, 4.69) is 20.2 Å². The Morgan fingerprint density at radius 2 is 2.31 bits per heavy atom. The lowest BCUT2D eigenvalue weighted by Gasteiger charge is -1.98. The van der Waals surface area contributed by atoms with Crippen LogP contribution in [0.15, 0.2) is 21.2 Å². The van der Waals surface area contributed by atoms with Crippen LogP contribution in [0, 0.1) is 10.1 Å². The average molecular weight is 276 g/mol. The van der Waals surface area contributed by atoms with Gasteiger partial charge in [0.15, 0.2) is 9.37 Å². The van der Waals surface area contributed by atoms with Crippen LogP contribution in [-0.4, -0.2) is 25.1 Å². The number of hydrogen-bond donors (Lipinski definition) is 0. The second-order valence-corrected chi connectivity index (χ2v) is 4.81. The van der Waals surface area contributed by atoms with Crippen LogP contribution >= 0.6 is 34.7 Å². The molecule has 0 aromatic carbocycles. The van der Waals surface area contributed by atoms with E-state index in [-0.39, 0.29) is 15.9 Å². The normalized spacial score (nSPS) is 10.3. The van der Waals surface area contributed by atoms with Crippen LogP contribution in [0.2, 0.25) is 5.15 Å². The van der Waals surface area contributed by atoms with Crippen molar-refractivity contribution >= 4 is 40.4 Å². The average Bonchev–Trinajstić information content (AvgIpc) is 2.70. The van der Waals surface area contributed by atoms with Gasteiger partial charge < -0.3 is 0 Å². The molecular formula is C6H2ClN5O2S2. The fraction of sp³-hybridized carbons (Fsp3) is 0. The summed E-state index contributed by atoms with van der Waals surface area (Å²) in [5.74, 6) is 0. The highest BCUT2D eigenvalue weighted by Crippen LogP contribution is 2.36. The van der Waals surface area contributed by atoms with Crippen molar-refractivity contribution in [3.8, 4) is 0 Å². The molecule has 2 rings (SSSR count). The Balaban J connectivity index is 2.40. The Morgan fingerprint density at radius 1 is 1.50 bits per heavy atom. The summed E-state index contributed by atoms with van der Waals surface area (Å²) < 4.78 is 0.554. The SMILES string of the molecule is O=[N+]([O-])c1c(Cl)ncnc1Sc1nncs1. The number of nitrogens with zero attached hydrogens (tertiary/aromatic N) is 5. The first-order valence-electron chi connectivity index (χ1n) is 3.77. The van der Waals surface area contributed by atoms with Gasteiger partial charge >= 0.3 is 5.69 Å². The molecule has 0 saturated heterocycles. The smallest absolute Gasteiger partial charge is 0.258 e. The predicted octanol–water partition coefficient (Wildman–Crippen LogP) is 2.04. The third kappa shape index (κ3) is 2.26. The monoisotopic (exact) mass is 275 g/mol. The largest absolute Gasteiger partial charge is 0.338 e. The zero-order valence-corrected chi connectivity index (χ0v) is 9.79. The number of rotatable bonds is 3. The van der Waals surface area contributed by atoms with Crippen molar-refractivity contribution in [2.75, 3.05) is 0 Å². The van der Waals surface area contributed by atoms with Crippen LogP contribution in [-0.2, 0) is 0 Å². The molecule has 10 heteroatoms. The lowest BCUT2D eigenvalue weighted by molar-refractivity contribution is -0.388. The molecule has 0 radical (unpaired) electrons. The van der Waals surface area contributed by atoms with Crippen molar-refractivity contribution in [1.82, 2.24) is 20.2 Å². The molecule has 0 aliphatic rings. The standard InChI is InChI=1S/C6H2ClN5O2S2/c7-4-3(12(13)14)5(9-1-8-4)16-6-11-10-2-15-6/h1-2H. The predicted molar refractivity (Wildman–Crippen MR) is 57.7 cm³/mol. The highest BCUT2D eigenvalue weighted by Gasteiger charge is 2.23. The van der Waals surface area contributed by atoms with Crippen LogP contribution in [0.1, 0.15) is 0 Å². The lowest BCUT2D eigenvalue weighted by atomic mass is 10.5. The van der Waals surface area contributed by atoms with Gasteiger partial charge in [-0.1, -0.05) is 22.9 Å². The summed E-state index contributed by atoms with van der Waals surface area (Å²) in [5, 5.41) is 18.1. The molecule has 2 aromatic rings. The van der Waals surface area contributed by atoms with Crippen molar-refractivity contribution in [1.29, 1.82) is 0 Å². The Kier molecular flexibility index (Phi) is 3.27. The molecule has 16 heavy (non-hydrogen) atoms. The highest BCUT2D eigenvalue weighted by molar-refractivity contribution is 8.01. The Labute approximate surface area is 102 Å². The molecule has 0 aliphatic carbocycles. The third-order valence-electron chi connectivity index (χ3n) is 1.45. The first-order chi connectivity index (χ1) is 7.68. The molecule has 0 saturated carbocycles. The van der Waals surface area contributed by atoms with Crippen LogP contribution in [0.4, 0.5) is 5.69 Å². The molecule has 0 aliphatic heterocycles. The van der Waals surface area contributed by atoms with E-state index < -0.39 is 4.92 Å². The zero-order valence-electron chi connectivity index (χ0n) is 7.40. The summed E-state index contributed by atoms with van der Waals surface area (Å²) in [6.45, 7) is 0. The maximum absolute atomic E-state index is 10.8. The minimum Gasteiger partial charge on any atom is -0.258 e. The number of nitro groups is 1. The maximum Gasteiger partial charge on any atom is 0.338 e. The van der Waals surface area contributed by atoms with E-state index in [4.69, 9.17) is 11.6 Å². The van der Waals surface area contributed by atoms with E-state index in [0.29, 0.717) is 4.34 Å². The number of halogens is 1. The van der Waals surface area contributed by atoms with E-state index in [1.165, 1.54) is 23.2 Å². The van der Waals surface area contributed by atoms with Crippen molar-refractivity contribution in [2.24, 2.45) is 0 Å². The minimum atomic E-state index is -0.619. The van der Waals surface area contributed by atoms with Gasteiger partial charge in [-0.25, -0.2) is 9.97 Å². The minimum absolute atomic E-state index is 0.154. The van der Waals surface area contributed by atoms with Gasteiger partial charge in [0.2, 0.25) is 5.15 Å². The van der Waals surface area contributed by atoms with Crippen molar-refractivity contribution in [3.05, 3.63) is 27.1 Å². The van der Waals surface area contributed by atoms with Crippen LogP contribution in [0.5, 0.6) is 0 Å². The molecule has 82 valence electrons. The Hall–Kier alpha value is -1.32. The quantitative estimate of drug-likeness (QED) is 0.480. The van der Waals surface area contributed by atoms with Gasteiger partial charge in [-0.05, 0) is 11.8 Å². The van der Waals surface area contributed by atoms with Gasteiger partial charge in [0.1, 0.15) is 11.8 Å². The molecule has 2 heterocycles. The van der Waals surface area contributed by atoms with Gasteiger partial charge in [0.25, 0.3) is 0 Å². The van der Waals surface area contributed by atoms with Crippen LogP contribution < -0.4 is 0 Å². The second kappa shape index (κ2) is 4.68. The van der Waals surface area contributed by atoms with E-state index in [9.17, 15) is 10.1 Å². The van der Waals surface area contributed by atoms with Gasteiger partial charge in [0.05, 0.1) is 4.92 Å². The number of hydrogen-bond acceptors (Lipinski definition) is 8. The van der Waals surface area contributed by atoms with E-state index in [1.54, 1.807) is 0 Å². The second-order valence-electron chi connectivity index (χ2n) is 2.38. The fourth-order valence-corrected chi connectivity index (χ4v) is 2.58. The molecule has 0 amide bonds. The summed E-state index contributed by atoms with van der Waals surface area (Å²) in [7, 11) is 0. The molecule has 2 aromatic heterocycles. The topological polar surface area (TPSA) is 94.7 Å². The van der Waals surface area contributed by atoms with E-state index >= 15 is 0 Å². The van der Waals surface area contributed by atoms with Gasteiger partial charge in [0, 0.05) is 0 Å². The van der Waals surface area contributed by atoms with Gasteiger partial charge in [-0.2, -0.15) is 0 Å². The lowest BCUT2D eigenvalue weighted by Crippen LogP contribution is -1.96. The maximum atomic E-state index is 10.8. The van der Waals surface area contributed by atoms with Gasteiger partial charge in [-0.15, -0.1) is 10.2 Å².